The molecule has 1 saturated carbocycles. The van der Waals surface area contributed by atoms with Gasteiger partial charge in [-0.25, -0.2) is 4.68 Å². The second-order valence-corrected chi connectivity index (χ2v) is 5.84. The molecule has 1 aromatic carbocycles. The molecule has 1 fully saturated rings. The zero-order chi connectivity index (χ0) is 15.2. The number of amides is 1. The highest BCUT2D eigenvalue weighted by Gasteiger charge is 2.25. The van der Waals surface area contributed by atoms with Crippen LogP contribution in [0.3, 0.4) is 0 Å². The number of nitrogens with one attached hydrogen (secondary N) is 1. The molecule has 0 unspecified atom stereocenters. The summed E-state index contributed by atoms with van der Waals surface area (Å²) in [4.78, 5) is 12.7. The zero-order valence-corrected chi connectivity index (χ0v) is 12.6. The first kappa shape index (κ1) is 14.7. The van der Waals surface area contributed by atoms with Crippen LogP contribution in [0.15, 0.2) is 36.7 Å². The number of hydrogen-bond acceptors (Lipinski definition) is 4. The summed E-state index contributed by atoms with van der Waals surface area (Å²) < 4.78 is 1.55. The van der Waals surface area contributed by atoms with Crippen LogP contribution in [0.5, 0.6) is 0 Å². The number of nitrogens with zero attached hydrogens (tertiary/aromatic N) is 4. The minimum atomic E-state index is -0.403. The smallest absolute Gasteiger partial charge is 0.245 e. The molecule has 116 valence electrons. The fourth-order valence-electron chi connectivity index (χ4n) is 3.00. The van der Waals surface area contributed by atoms with E-state index in [0.29, 0.717) is 6.42 Å². The molecule has 1 heterocycles. The van der Waals surface area contributed by atoms with Crippen LogP contribution in [0.4, 0.5) is 0 Å². The van der Waals surface area contributed by atoms with Crippen molar-refractivity contribution in [3.63, 3.8) is 0 Å². The lowest BCUT2D eigenvalue weighted by Gasteiger charge is -2.25. The number of aromatic nitrogens is 4. The Morgan fingerprint density at radius 3 is 2.68 bits per heavy atom. The Balaban J connectivity index is 1.71. The van der Waals surface area contributed by atoms with Crippen LogP contribution in [0, 0.1) is 0 Å². The predicted octanol–water partition coefficient (Wildman–Crippen LogP) is 1.91. The van der Waals surface area contributed by atoms with E-state index >= 15 is 0 Å². The first-order valence-electron chi connectivity index (χ1n) is 7.90. The molecule has 6 nitrogen and oxygen atoms in total. The van der Waals surface area contributed by atoms with E-state index in [-0.39, 0.29) is 11.9 Å². The molecule has 2 aromatic rings. The molecule has 1 amide bonds. The third kappa shape index (κ3) is 3.69. The van der Waals surface area contributed by atoms with Crippen molar-refractivity contribution in [2.24, 2.45) is 0 Å². The number of carbonyl (C=O) groups excluding carboxylic acids is 1. The van der Waals surface area contributed by atoms with Crippen LogP contribution in [0.2, 0.25) is 0 Å². The molecular formula is C16H21N5O. The van der Waals surface area contributed by atoms with Crippen molar-refractivity contribution < 1.29 is 4.79 Å². The Labute approximate surface area is 129 Å². The van der Waals surface area contributed by atoms with Crippen molar-refractivity contribution in [3.8, 4) is 0 Å². The van der Waals surface area contributed by atoms with Gasteiger partial charge >= 0.3 is 0 Å². The summed E-state index contributed by atoms with van der Waals surface area (Å²) in [7, 11) is 0. The van der Waals surface area contributed by atoms with Gasteiger partial charge in [-0.05, 0) is 28.8 Å². The average molecular weight is 299 g/mol. The minimum Gasteiger partial charge on any atom is -0.352 e. The molecule has 22 heavy (non-hydrogen) atoms. The van der Waals surface area contributed by atoms with Crippen molar-refractivity contribution in [3.05, 3.63) is 42.2 Å². The number of tetrazole rings is 1. The van der Waals surface area contributed by atoms with E-state index in [9.17, 15) is 4.79 Å². The summed E-state index contributed by atoms with van der Waals surface area (Å²) in [5.41, 5.74) is 1.10. The first-order chi connectivity index (χ1) is 10.8. The Hall–Kier alpha value is -2.24. The summed E-state index contributed by atoms with van der Waals surface area (Å²) >= 11 is 0. The first-order valence-corrected chi connectivity index (χ1v) is 7.90. The molecule has 1 atom stereocenters. The van der Waals surface area contributed by atoms with E-state index in [1.165, 1.54) is 25.6 Å². The molecule has 1 aliphatic carbocycles. The van der Waals surface area contributed by atoms with Gasteiger partial charge in [0.1, 0.15) is 12.4 Å². The van der Waals surface area contributed by atoms with E-state index in [1.807, 2.05) is 30.3 Å². The highest BCUT2D eigenvalue weighted by molar-refractivity contribution is 5.80. The number of rotatable bonds is 5. The third-order valence-corrected chi connectivity index (χ3v) is 4.21. The van der Waals surface area contributed by atoms with Crippen LogP contribution in [0.25, 0.3) is 0 Å². The molecule has 0 saturated heterocycles. The van der Waals surface area contributed by atoms with Crippen molar-refractivity contribution in [2.45, 2.75) is 50.6 Å². The Morgan fingerprint density at radius 1 is 1.23 bits per heavy atom. The summed E-state index contributed by atoms with van der Waals surface area (Å²) in [6.45, 7) is 0. The lowest BCUT2D eigenvalue weighted by atomic mass is 9.95. The van der Waals surface area contributed by atoms with Crippen LogP contribution in [-0.4, -0.2) is 32.2 Å². The lowest BCUT2D eigenvalue weighted by molar-refractivity contribution is -0.125. The molecule has 0 bridgehead atoms. The van der Waals surface area contributed by atoms with Gasteiger partial charge in [0.05, 0.1) is 0 Å². The highest BCUT2D eigenvalue weighted by Crippen LogP contribution is 2.19. The summed E-state index contributed by atoms with van der Waals surface area (Å²) in [5.74, 6) is 0.00283. The molecule has 1 aliphatic rings. The van der Waals surface area contributed by atoms with Crippen LogP contribution in [-0.2, 0) is 11.2 Å². The topological polar surface area (TPSA) is 72.7 Å². The maximum atomic E-state index is 12.7. The Bertz CT molecular complexity index is 578. The number of benzene rings is 1. The van der Waals surface area contributed by atoms with E-state index in [0.717, 1.165) is 18.4 Å². The molecule has 0 spiro atoms. The fraction of sp³-hybridized carbons (Fsp3) is 0.500. The fourth-order valence-corrected chi connectivity index (χ4v) is 3.00. The summed E-state index contributed by atoms with van der Waals surface area (Å²) in [5, 5.41) is 14.4. The quantitative estimate of drug-likeness (QED) is 0.915. The van der Waals surface area contributed by atoms with Gasteiger partial charge in [-0.15, -0.1) is 5.10 Å². The molecule has 1 N–H and O–H groups in total. The van der Waals surface area contributed by atoms with Gasteiger partial charge in [0, 0.05) is 12.5 Å². The molecular weight excluding hydrogens is 278 g/mol. The monoisotopic (exact) mass is 299 g/mol. The van der Waals surface area contributed by atoms with E-state index in [2.05, 4.69) is 20.8 Å². The van der Waals surface area contributed by atoms with Gasteiger partial charge in [-0.1, -0.05) is 49.6 Å². The van der Waals surface area contributed by atoms with E-state index < -0.39 is 6.04 Å². The maximum absolute atomic E-state index is 12.7. The van der Waals surface area contributed by atoms with Gasteiger partial charge in [-0.2, -0.15) is 0 Å². The second-order valence-electron chi connectivity index (χ2n) is 5.84. The van der Waals surface area contributed by atoms with Crippen molar-refractivity contribution >= 4 is 5.91 Å². The van der Waals surface area contributed by atoms with Gasteiger partial charge in [-0.3, -0.25) is 4.79 Å². The third-order valence-electron chi connectivity index (χ3n) is 4.21. The molecule has 3 rings (SSSR count). The molecule has 1 aromatic heterocycles. The SMILES string of the molecule is O=C(NC1CCCCC1)[C@H](Cc1ccccc1)n1cnnn1. The van der Waals surface area contributed by atoms with E-state index in [1.54, 1.807) is 4.68 Å². The van der Waals surface area contributed by atoms with Gasteiger partial charge in [0.25, 0.3) is 0 Å². The van der Waals surface area contributed by atoms with Crippen LogP contribution in [0.1, 0.15) is 43.7 Å². The molecule has 0 radical (unpaired) electrons. The number of carbonyl (C=O) groups is 1. The standard InChI is InChI=1S/C16H21N5O/c22-16(18-14-9-5-2-6-10-14)15(21-12-17-19-20-21)11-13-7-3-1-4-8-13/h1,3-4,7-8,12,14-15H,2,5-6,9-11H2,(H,18,22)/t15-/m0/s1. The molecule has 6 heteroatoms. The van der Waals surface area contributed by atoms with Crippen molar-refractivity contribution in [1.82, 2.24) is 25.5 Å². The minimum absolute atomic E-state index is 0.00283. The zero-order valence-electron chi connectivity index (χ0n) is 12.6. The maximum Gasteiger partial charge on any atom is 0.245 e. The predicted molar refractivity (Wildman–Crippen MR) is 82.0 cm³/mol. The lowest BCUT2D eigenvalue weighted by Crippen LogP contribution is -2.41. The largest absolute Gasteiger partial charge is 0.352 e. The Morgan fingerprint density at radius 2 is 2.00 bits per heavy atom. The normalized spacial score (nSPS) is 17.1. The summed E-state index contributed by atoms with van der Waals surface area (Å²) in [6.07, 6.45) is 7.89. The van der Waals surface area contributed by atoms with Crippen LogP contribution < -0.4 is 5.32 Å². The van der Waals surface area contributed by atoms with Gasteiger partial charge in [0.2, 0.25) is 5.91 Å². The van der Waals surface area contributed by atoms with Gasteiger partial charge in [0.15, 0.2) is 0 Å². The summed E-state index contributed by atoms with van der Waals surface area (Å²) in [6, 6.07) is 9.85. The van der Waals surface area contributed by atoms with Crippen LogP contribution >= 0.6 is 0 Å². The number of hydrogen-bond donors (Lipinski definition) is 1. The van der Waals surface area contributed by atoms with Crippen molar-refractivity contribution in [1.29, 1.82) is 0 Å². The van der Waals surface area contributed by atoms with Crippen molar-refractivity contribution in [2.75, 3.05) is 0 Å². The second kappa shape index (κ2) is 7.15. The van der Waals surface area contributed by atoms with Gasteiger partial charge < -0.3 is 5.32 Å². The average Bonchev–Trinajstić information content (AvgIpc) is 3.08. The van der Waals surface area contributed by atoms with E-state index in [4.69, 9.17) is 0 Å². The highest BCUT2D eigenvalue weighted by atomic mass is 16.2. The molecule has 0 aliphatic heterocycles. The Kier molecular flexibility index (Phi) is 4.78.